The summed E-state index contributed by atoms with van der Waals surface area (Å²) in [5.41, 5.74) is 5.54. The lowest BCUT2D eigenvalue weighted by Gasteiger charge is -2.30. The second-order valence-corrected chi connectivity index (χ2v) is 6.48. The van der Waals surface area contributed by atoms with Crippen LogP contribution < -0.4 is 5.73 Å². The zero-order valence-corrected chi connectivity index (χ0v) is 11.6. The predicted molar refractivity (Wildman–Crippen MR) is 66.5 cm³/mol. The fourth-order valence-corrected chi connectivity index (χ4v) is 2.16. The van der Waals surface area contributed by atoms with Gasteiger partial charge in [-0.25, -0.2) is 0 Å². The highest BCUT2D eigenvalue weighted by Crippen LogP contribution is 2.39. The Hall–Kier alpha value is -0.120. The minimum atomic E-state index is -0.233. The van der Waals surface area contributed by atoms with E-state index in [4.69, 9.17) is 15.2 Å². The molecule has 0 aliphatic carbocycles. The van der Waals surface area contributed by atoms with Gasteiger partial charge in [0, 0.05) is 12.0 Å². The molecule has 3 nitrogen and oxygen atoms in total. The van der Waals surface area contributed by atoms with Crippen molar-refractivity contribution in [2.45, 2.75) is 77.2 Å². The van der Waals surface area contributed by atoms with Crippen molar-refractivity contribution in [3.63, 3.8) is 0 Å². The molecule has 0 aromatic heterocycles. The first-order chi connectivity index (χ1) is 7.08. The largest absolute Gasteiger partial charge is 0.373 e. The van der Waals surface area contributed by atoms with Gasteiger partial charge in [0.15, 0.2) is 0 Å². The first-order valence-corrected chi connectivity index (χ1v) is 6.19. The third kappa shape index (κ3) is 3.44. The van der Waals surface area contributed by atoms with Gasteiger partial charge in [-0.15, -0.1) is 0 Å². The van der Waals surface area contributed by atoms with Crippen molar-refractivity contribution in [3.05, 3.63) is 0 Å². The Labute approximate surface area is 99.7 Å². The Morgan fingerprint density at radius 2 is 1.94 bits per heavy atom. The van der Waals surface area contributed by atoms with Gasteiger partial charge >= 0.3 is 0 Å². The van der Waals surface area contributed by atoms with E-state index in [1.807, 2.05) is 6.92 Å². The summed E-state index contributed by atoms with van der Waals surface area (Å²) in [5.74, 6) is 0. The van der Waals surface area contributed by atoms with E-state index in [0.29, 0.717) is 6.61 Å². The number of ether oxygens (including phenoxy) is 2. The summed E-state index contributed by atoms with van der Waals surface area (Å²) in [7, 11) is 0. The molecular weight excluding hydrogens is 202 g/mol. The van der Waals surface area contributed by atoms with Crippen molar-refractivity contribution in [1.82, 2.24) is 0 Å². The predicted octanol–water partition coefficient (Wildman–Crippen LogP) is 2.48. The molecule has 0 saturated carbocycles. The number of rotatable bonds is 4. The maximum atomic E-state index is 6.08. The average molecular weight is 229 g/mol. The van der Waals surface area contributed by atoms with Crippen LogP contribution in [0.2, 0.25) is 0 Å². The molecule has 1 saturated heterocycles. The minimum Gasteiger partial charge on any atom is -0.373 e. The SMILES string of the molecule is CCC(C)(N)COC1CC(C)(C)OC1(C)C. The van der Waals surface area contributed by atoms with Crippen LogP contribution in [-0.2, 0) is 9.47 Å². The van der Waals surface area contributed by atoms with E-state index in [1.165, 1.54) is 0 Å². The van der Waals surface area contributed by atoms with Crippen molar-refractivity contribution in [2.24, 2.45) is 5.73 Å². The van der Waals surface area contributed by atoms with Crippen LogP contribution in [0.3, 0.4) is 0 Å². The van der Waals surface area contributed by atoms with Crippen LogP contribution in [0.4, 0.5) is 0 Å². The molecule has 3 heteroatoms. The second kappa shape index (κ2) is 4.28. The molecule has 1 heterocycles. The molecule has 2 atom stereocenters. The zero-order chi connectivity index (χ0) is 12.6. The summed E-state index contributed by atoms with van der Waals surface area (Å²) in [6, 6.07) is 0. The number of nitrogens with two attached hydrogens (primary N) is 1. The van der Waals surface area contributed by atoms with E-state index in [9.17, 15) is 0 Å². The molecule has 0 aromatic rings. The zero-order valence-electron chi connectivity index (χ0n) is 11.6. The maximum absolute atomic E-state index is 6.08. The van der Waals surface area contributed by atoms with Crippen LogP contribution in [0, 0.1) is 0 Å². The lowest BCUT2D eigenvalue weighted by atomic mass is 9.96. The van der Waals surface area contributed by atoms with E-state index in [2.05, 4.69) is 34.6 Å². The van der Waals surface area contributed by atoms with E-state index in [0.717, 1.165) is 12.8 Å². The quantitative estimate of drug-likeness (QED) is 0.805. The van der Waals surface area contributed by atoms with Crippen LogP contribution in [-0.4, -0.2) is 29.5 Å². The first kappa shape index (κ1) is 13.9. The van der Waals surface area contributed by atoms with E-state index < -0.39 is 0 Å². The molecule has 96 valence electrons. The Bertz CT molecular complexity index is 246. The lowest BCUT2D eigenvalue weighted by molar-refractivity contribution is -0.107. The minimum absolute atomic E-state index is 0.0919. The molecule has 16 heavy (non-hydrogen) atoms. The Kier molecular flexibility index (Phi) is 3.73. The molecule has 1 aliphatic heterocycles. The summed E-state index contributed by atoms with van der Waals surface area (Å²) in [4.78, 5) is 0. The second-order valence-electron chi connectivity index (χ2n) is 6.48. The third-order valence-corrected chi connectivity index (χ3v) is 3.41. The van der Waals surface area contributed by atoms with Gasteiger partial charge < -0.3 is 15.2 Å². The van der Waals surface area contributed by atoms with Crippen molar-refractivity contribution in [2.75, 3.05) is 6.61 Å². The van der Waals surface area contributed by atoms with Gasteiger partial charge in [-0.3, -0.25) is 0 Å². The summed E-state index contributed by atoms with van der Waals surface area (Å²) in [5, 5.41) is 0. The molecule has 0 bridgehead atoms. The normalized spacial score (nSPS) is 31.3. The van der Waals surface area contributed by atoms with Gasteiger partial charge in [-0.05, 0) is 41.0 Å². The fraction of sp³-hybridized carbons (Fsp3) is 1.00. The van der Waals surface area contributed by atoms with Gasteiger partial charge in [-0.2, -0.15) is 0 Å². The van der Waals surface area contributed by atoms with Crippen LogP contribution in [0.25, 0.3) is 0 Å². The van der Waals surface area contributed by atoms with Gasteiger partial charge in [0.25, 0.3) is 0 Å². The first-order valence-electron chi connectivity index (χ1n) is 6.19. The average Bonchev–Trinajstić information content (AvgIpc) is 2.31. The lowest BCUT2D eigenvalue weighted by Crippen LogP contribution is -2.44. The molecule has 2 N–H and O–H groups in total. The van der Waals surface area contributed by atoms with Crippen LogP contribution in [0.15, 0.2) is 0 Å². The number of hydrogen-bond acceptors (Lipinski definition) is 3. The Morgan fingerprint density at radius 1 is 1.38 bits per heavy atom. The maximum Gasteiger partial charge on any atom is 0.0895 e. The van der Waals surface area contributed by atoms with E-state index >= 15 is 0 Å². The summed E-state index contributed by atoms with van der Waals surface area (Å²) in [6.07, 6.45) is 1.99. The van der Waals surface area contributed by atoms with Crippen molar-refractivity contribution >= 4 is 0 Å². The highest BCUT2D eigenvalue weighted by molar-refractivity contribution is 4.96. The molecule has 2 unspecified atom stereocenters. The highest BCUT2D eigenvalue weighted by Gasteiger charge is 2.46. The Morgan fingerprint density at radius 3 is 2.31 bits per heavy atom. The molecule has 0 radical (unpaired) electrons. The molecule has 1 fully saturated rings. The summed E-state index contributed by atoms with van der Waals surface area (Å²) in [6.45, 7) is 13.1. The molecule has 0 amide bonds. The molecule has 0 spiro atoms. The van der Waals surface area contributed by atoms with Gasteiger partial charge in [-0.1, -0.05) is 6.92 Å². The topological polar surface area (TPSA) is 44.5 Å². The number of hydrogen-bond donors (Lipinski definition) is 1. The monoisotopic (exact) mass is 229 g/mol. The third-order valence-electron chi connectivity index (χ3n) is 3.41. The van der Waals surface area contributed by atoms with Crippen molar-refractivity contribution in [3.8, 4) is 0 Å². The van der Waals surface area contributed by atoms with E-state index in [1.54, 1.807) is 0 Å². The van der Waals surface area contributed by atoms with Crippen molar-refractivity contribution < 1.29 is 9.47 Å². The van der Waals surface area contributed by atoms with Gasteiger partial charge in [0.05, 0.1) is 23.9 Å². The van der Waals surface area contributed by atoms with Crippen LogP contribution >= 0.6 is 0 Å². The molecule has 0 aromatic carbocycles. The molecular formula is C13H27NO2. The van der Waals surface area contributed by atoms with Gasteiger partial charge in [0.2, 0.25) is 0 Å². The van der Waals surface area contributed by atoms with Crippen LogP contribution in [0.5, 0.6) is 0 Å². The highest BCUT2D eigenvalue weighted by atomic mass is 16.6. The summed E-state index contributed by atoms with van der Waals surface area (Å²) >= 11 is 0. The van der Waals surface area contributed by atoms with E-state index in [-0.39, 0.29) is 22.8 Å². The molecule has 1 rings (SSSR count). The molecule has 1 aliphatic rings. The standard InChI is InChI=1S/C13H27NO2/c1-7-13(6,14)9-15-10-8-11(2,3)16-12(10,4)5/h10H,7-9,14H2,1-6H3. The summed E-state index contributed by atoms with van der Waals surface area (Å²) < 4.78 is 11.9. The smallest absolute Gasteiger partial charge is 0.0895 e. The van der Waals surface area contributed by atoms with Crippen LogP contribution in [0.1, 0.15) is 54.4 Å². The van der Waals surface area contributed by atoms with Crippen molar-refractivity contribution in [1.29, 1.82) is 0 Å². The van der Waals surface area contributed by atoms with Gasteiger partial charge in [0.1, 0.15) is 0 Å². The Balaban J connectivity index is 2.55. The fourth-order valence-electron chi connectivity index (χ4n) is 2.16.